The van der Waals surface area contributed by atoms with Crippen LogP contribution < -0.4 is 5.32 Å². The third-order valence-corrected chi connectivity index (χ3v) is 6.68. The van der Waals surface area contributed by atoms with E-state index in [1.54, 1.807) is 20.8 Å². The summed E-state index contributed by atoms with van der Waals surface area (Å²) >= 11 is 0. The van der Waals surface area contributed by atoms with Gasteiger partial charge in [-0.2, -0.15) is 0 Å². The van der Waals surface area contributed by atoms with Crippen LogP contribution in [-0.4, -0.2) is 91.0 Å². The Hall–Kier alpha value is -5.79. The molecule has 0 bridgehead atoms. The first-order chi connectivity index (χ1) is 21.1. The summed E-state index contributed by atoms with van der Waals surface area (Å²) in [5.41, 5.74) is -3.13. The number of carbonyl (C=O) groups excluding carboxylic acids is 4. The van der Waals surface area contributed by atoms with Crippen molar-refractivity contribution >= 4 is 29.7 Å². The normalized spacial score (nSPS) is 16.1. The summed E-state index contributed by atoms with van der Waals surface area (Å²) in [4.78, 5) is 64.8. The number of phenols is 4. The molecule has 236 valence electrons. The van der Waals surface area contributed by atoms with Crippen molar-refractivity contribution in [3.63, 3.8) is 0 Å². The Morgan fingerprint density at radius 1 is 0.822 bits per heavy atom. The van der Waals surface area contributed by atoms with Crippen molar-refractivity contribution in [3.05, 3.63) is 82.4 Å². The first kappa shape index (κ1) is 32.1. The molecule has 1 fully saturated rings. The van der Waals surface area contributed by atoms with Gasteiger partial charge < -0.3 is 45.2 Å². The van der Waals surface area contributed by atoms with Gasteiger partial charge in [0.15, 0.2) is 0 Å². The predicted molar refractivity (Wildman–Crippen MR) is 155 cm³/mol. The molecule has 0 aliphatic carbocycles. The number of hydrogen-bond donors (Lipinski definition) is 6. The molecule has 14 heteroatoms. The lowest BCUT2D eigenvalue weighted by atomic mass is 9.95. The van der Waals surface area contributed by atoms with Crippen molar-refractivity contribution in [2.24, 2.45) is 0 Å². The summed E-state index contributed by atoms with van der Waals surface area (Å²) < 4.78 is 11.0. The summed E-state index contributed by atoms with van der Waals surface area (Å²) in [6.07, 6.45) is -1.86. The largest absolute Gasteiger partial charge is 0.508 e. The zero-order valence-electron chi connectivity index (χ0n) is 24.3. The minimum absolute atomic E-state index is 0.0579. The number of ketones is 1. The Kier molecular flexibility index (Phi) is 8.88. The van der Waals surface area contributed by atoms with E-state index in [1.807, 2.05) is 0 Å². The van der Waals surface area contributed by atoms with Gasteiger partial charge in [-0.05, 0) is 69.3 Å². The fraction of sp³-hybridized carbons (Fsp3) is 0.258. The standard InChI is InChI=1S/C31H30N2O12/c1-31(2,3)45-30(43)33-13-19(32-27(39)15-7-9-17(34)10-8-15)23(14-33)44-29(42)16-11-21(36)25(22(37)12-16)26(38)24-18(28(40)41)5-4-6-20(24)35/h4-12,19,23,34-37H,13-14H2,1-3H3,(H,32,39)(H,40,41)/t19-,23-/m1/s1. The first-order valence-electron chi connectivity index (χ1n) is 13.5. The number of benzene rings is 3. The maximum absolute atomic E-state index is 13.2. The van der Waals surface area contributed by atoms with Crippen LogP contribution in [0.3, 0.4) is 0 Å². The van der Waals surface area contributed by atoms with Crippen LogP contribution in [0.4, 0.5) is 4.79 Å². The molecule has 2 amide bonds. The number of aromatic carboxylic acids is 1. The van der Waals surface area contributed by atoms with E-state index in [1.165, 1.54) is 35.2 Å². The molecular weight excluding hydrogens is 592 g/mol. The highest BCUT2D eigenvalue weighted by Crippen LogP contribution is 2.35. The lowest BCUT2D eigenvalue weighted by Crippen LogP contribution is -2.44. The SMILES string of the molecule is CC(C)(C)OC(=O)N1C[C@@H](NC(=O)c2ccc(O)cc2)[C@H](OC(=O)c2cc(O)c(C(=O)c3c(O)cccc3C(=O)O)c(O)c2)C1. The molecule has 6 N–H and O–H groups in total. The van der Waals surface area contributed by atoms with E-state index in [2.05, 4.69) is 5.32 Å². The molecule has 3 aromatic rings. The quantitative estimate of drug-likeness (QED) is 0.165. The van der Waals surface area contributed by atoms with Crippen LogP contribution in [0.1, 0.15) is 67.8 Å². The summed E-state index contributed by atoms with van der Waals surface area (Å²) in [6, 6.07) is 9.34. The van der Waals surface area contributed by atoms with Crippen LogP contribution in [0.25, 0.3) is 0 Å². The fourth-order valence-electron chi connectivity index (χ4n) is 4.62. The van der Waals surface area contributed by atoms with Crippen molar-refractivity contribution in [2.45, 2.75) is 38.5 Å². The Morgan fingerprint density at radius 2 is 1.44 bits per heavy atom. The highest BCUT2D eigenvalue weighted by atomic mass is 16.6. The Bertz CT molecular complexity index is 1650. The summed E-state index contributed by atoms with van der Waals surface area (Å²) in [5.74, 6) is -7.05. The number of carbonyl (C=O) groups is 5. The number of ether oxygens (including phenoxy) is 2. The van der Waals surface area contributed by atoms with Gasteiger partial charge in [-0.3, -0.25) is 9.59 Å². The predicted octanol–water partition coefficient (Wildman–Crippen LogP) is 3.01. The monoisotopic (exact) mass is 622 g/mol. The molecule has 0 unspecified atom stereocenters. The molecule has 1 aliphatic rings. The van der Waals surface area contributed by atoms with Crippen molar-refractivity contribution < 1.29 is 59.0 Å². The number of hydrogen-bond acceptors (Lipinski definition) is 11. The Morgan fingerprint density at radius 3 is 2.02 bits per heavy atom. The van der Waals surface area contributed by atoms with Gasteiger partial charge in [-0.15, -0.1) is 0 Å². The number of nitrogens with one attached hydrogen (secondary N) is 1. The molecule has 4 rings (SSSR count). The van der Waals surface area contributed by atoms with Gasteiger partial charge in [0.2, 0.25) is 5.78 Å². The maximum atomic E-state index is 13.2. The van der Waals surface area contributed by atoms with Crippen LogP contribution in [0.5, 0.6) is 23.0 Å². The molecule has 0 radical (unpaired) electrons. The van der Waals surface area contributed by atoms with E-state index in [0.717, 1.165) is 24.3 Å². The number of aromatic hydroxyl groups is 4. The number of carboxylic acid groups (broad SMARTS) is 1. The molecule has 1 heterocycles. The van der Waals surface area contributed by atoms with E-state index in [4.69, 9.17) is 9.47 Å². The molecular formula is C31H30N2O12. The van der Waals surface area contributed by atoms with Crippen LogP contribution in [-0.2, 0) is 9.47 Å². The van der Waals surface area contributed by atoms with Crippen molar-refractivity contribution in [1.29, 1.82) is 0 Å². The van der Waals surface area contributed by atoms with Gasteiger partial charge in [0, 0.05) is 12.1 Å². The van der Waals surface area contributed by atoms with Gasteiger partial charge in [-0.1, -0.05) is 6.07 Å². The molecule has 45 heavy (non-hydrogen) atoms. The number of phenolic OH excluding ortho intramolecular Hbond substituents is 4. The molecule has 14 nitrogen and oxygen atoms in total. The van der Waals surface area contributed by atoms with E-state index in [-0.39, 0.29) is 24.4 Å². The van der Waals surface area contributed by atoms with Crippen LogP contribution in [0.2, 0.25) is 0 Å². The minimum atomic E-state index is -1.54. The molecule has 0 spiro atoms. The van der Waals surface area contributed by atoms with Crippen LogP contribution >= 0.6 is 0 Å². The zero-order valence-corrected chi connectivity index (χ0v) is 24.3. The van der Waals surface area contributed by atoms with Gasteiger partial charge in [0.25, 0.3) is 5.91 Å². The van der Waals surface area contributed by atoms with Crippen molar-refractivity contribution in [2.75, 3.05) is 13.1 Å². The second kappa shape index (κ2) is 12.4. The molecule has 0 saturated carbocycles. The molecule has 2 atom stereocenters. The lowest BCUT2D eigenvalue weighted by Gasteiger charge is -2.24. The van der Waals surface area contributed by atoms with E-state index >= 15 is 0 Å². The zero-order chi connectivity index (χ0) is 33.2. The Balaban J connectivity index is 1.59. The summed E-state index contributed by atoms with van der Waals surface area (Å²) in [6.45, 7) is 4.70. The summed E-state index contributed by atoms with van der Waals surface area (Å²) in [7, 11) is 0. The van der Waals surface area contributed by atoms with E-state index in [0.29, 0.717) is 0 Å². The molecule has 1 saturated heterocycles. The number of rotatable bonds is 7. The molecule has 0 aromatic heterocycles. The molecule has 1 aliphatic heterocycles. The minimum Gasteiger partial charge on any atom is -0.508 e. The Labute approximate surface area is 256 Å². The molecule has 3 aromatic carbocycles. The first-order valence-corrected chi connectivity index (χ1v) is 13.5. The maximum Gasteiger partial charge on any atom is 0.410 e. The average molecular weight is 623 g/mol. The fourth-order valence-corrected chi connectivity index (χ4v) is 4.62. The topological polar surface area (TPSA) is 220 Å². The third kappa shape index (κ3) is 7.24. The van der Waals surface area contributed by atoms with Gasteiger partial charge in [0.1, 0.15) is 40.3 Å². The third-order valence-electron chi connectivity index (χ3n) is 6.68. The smallest absolute Gasteiger partial charge is 0.410 e. The van der Waals surface area contributed by atoms with E-state index in [9.17, 15) is 49.5 Å². The number of amides is 2. The number of carboxylic acids is 1. The average Bonchev–Trinajstić information content (AvgIpc) is 3.33. The number of nitrogens with zero attached hydrogens (tertiary/aromatic N) is 1. The second-order valence-electron chi connectivity index (χ2n) is 11.2. The van der Waals surface area contributed by atoms with Crippen molar-refractivity contribution in [3.8, 4) is 23.0 Å². The van der Waals surface area contributed by atoms with Crippen molar-refractivity contribution in [1.82, 2.24) is 10.2 Å². The van der Waals surface area contributed by atoms with Gasteiger partial charge in [0.05, 0.1) is 29.3 Å². The second-order valence-corrected chi connectivity index (χ2v) is 11.2. The van der Waals surface area contributed by atoms with Crippen LogP contribution in [0.15, 0.2) is 54.6 Å². The highest BCUT2D eigenvalue weighted by molar-refractivity contribution is 6.18. The summed E-state index contributed by atoms with van der Waals surface area (Å²) in [5, 5.41) is 53.0. The van der Waals surface area contributed by atoms with Gasteiger partial charge in [-0.25, -0.2) is 14.4 Å². The number of esters is 1. The van der Waals surface area contributed by atoms with Crippen LogP contribution in [0, 0.1) is 0 Å². The van der Waals surface area contributed by atoms with Gasteiger partial charge >= 0.3 is 18.0 Å². The van der Waals surface area contributed by atoms with E-state index < -0.39 is 87.0 Å². The number of likely N-dealkylation sites (tertiary alicyclic amines) is 1. The lowest BCUT2D eigenvalue weighted by molar-refractivity contribution is 0.0177. The highest BCUT2D eigenvalue weighted by Gasteiger charge is 2.41.